The van der Waals surface area contributed by atoms with E-state index in [4.69, 9.17) is 11.6 Å². The van der Waals surface area contributed by atoms with Gasteiger partial charge in [-0.1, -0.05) is 11.6 Å². The molecule has 0 amide bonds. The van der Waals surface area contributed by atoms with Crippen molar-refractivity contribution >= 4 is 40.0 Å². The summed E-state index contributed by atoms with van der Waals surface area (Å²) in [6.45, 7) is 2.17. The minimum atomic E-state index is 0.426. The van der Waals surface area contributed by atoms with Gasteiger partial charge in [-0.05, 0) is 37.4 Å². The number of hydrogen-bond donors (Lipinski definition) is 1. The Kier molecular flexibility index (Phi) is 4.13. The highest BCUT2D eigenvalue weighted by Gasteiger charge is 2.05. The van der Waals surface area contributed by atoms with E-state index in [9.17, 15) is 0 Å². The molecule has 0 aliphatic rings. The molecule has 90 valence electrons. The second-order valence-corrected chi connectivity index (χ2v) is 5.37. The van der Waals surface area contributed by atoms with Gasteiger partial charge in [-0.3, -0.25) is 4.98 Å². The maximum Gasteiger partial charge on any atom is 0.0723 e. The molecule has 0 aliphatic heterocycles. The quantitative estimate of drug-likeness (QED) is 0.904. The van der Waals surface area contributed by atoms with E-state index in [2.05, 4.69) is 23.5 Å². The van der Waals surface area contributed by atoms with Crippen LogP contribution in [0, 0.1) is 0 Å². The van der Waals surface area contributed by atoms with Crippen molar-refractivity contribution in [2.24, 2.45) is 0 Å². The highest BCUT2D eigenvalue weighted by Crippen LogP contribution is 2.25. The minimum absolute atomic E-state index is 0.426. The fraction of sp³-hybridized carbons (Fsp3) is 0.308. The number of aromatic nitrogens is 1. The zero-order chi connectivity index (χ0) is 12.3. The zero-order valence-electron chi connectivity index (χ0n) is 9.90. The van der Waals surface area contributed by atoms with Gasteiger partial charge in [-0.2, -0.15) is 11.8 Å². The molecule has 1 aromatic heterocycles. The van der Waals surface area contributed by atoms with Crippen LogP contribution >= 0.6 is 23.4 Å². The number of fused-ring (bicyclic) bond motifs is 1. The first kappa shape index (κ1) is 12.5. The van der Waals surface area contributed by atoms with Crippen LogP contribution in [0.5, 0.6) is 0 Å². The summed E-state index contributed by atoms with van der Waals surface area (Å²) in [5.41, 5.74) is 2.06. The molecule has 17 heavy (non-hydrogen) atoms. The van der Waals surface area contributed by atoms with E-state index in [-0.39, 0.29) is 0 Å². The normalized spacial score (nSPS) is 12.6. The van der Waals surface area contributed by atoms with Gasteiger partial charge in [-0.15, -0.1) is 0 Å². The first-order valence-electron chi connectivity index (χ1n) is 5.50. The average molecular weight is 267 g/mol. The van der Waals surface area contributed by atoms with Gasteiger partial charge in [0.15, 0.2) is 0 Å². The lowest BCUT2D eigenvalue weighted by Crippen LogP contribution is -2.17. The van der Waals surface area contributed by atoms with Crippen molar-refractivity contribution in [2.45, 2.75) is 13.0 Å². The Morgan fingerprint density at radius 3 is 3.00 bits per heavy atom. The lowest BCUT2D eigenvalue weighted by atomic mass is 10.2. The molecular formula is C13H15ClN2S. The fourth-order valence-electron chi connectivity index (χ4n) is 1.80. The molecule has 0 fully saturated rings. The van der Waals surface area contributed by atoms with E-state index in [0.717, 1.165) is 27.4 Å². The topological polar surface area (TPSA) is 24.9 Å². The van der Waals surface area contributed by atoms with Gasteiger partial charge in [0.25, 0.3) is 0 Å². The molecular weight excluding hydrogens is 252 g/mol. The molecule has 2 rings (SSSR count). The van der Waals surface area contributed by atoms with Gasteiger partial charge in [-0.25, -0.2) is 0 Å². The summed E-state index contributed by atoms with van der Waals surface area (Å²) in [5, 5.41) is 5.31. The van der Waals surface area contributed by atoms with Crippen LogP contribution in [0.2, 0.25) is 5.02 Å². The summed E-state index contributed by atoms with van der Waals surface area (Å²) in [6.07, 6.45) is 3.93. The maximum absolute atomic E-state index is 6.03. The van der Waals surface area contributed by atoms with Crippen molar-refractivity contribution in [1.29, 1.82) is 0 Å². The SMILES string of the molecule is CSCC(C)Nc1ccnc2ccc(Cl)cc12. The molecule has 1 unspecified atom stereocenters. The first-order chi connectivity index (χ1) is 8.20. The third-order valence-corrected chi connectivity index (χ3v) is 3.59. The highest BCUT2D eigenvalue weighted by molar-refractivity contribution is 7.98. The Bertz CT molecular complexity index is 516. The van der Waals surface area contributed by atoms with E-state index >= 15 is 0 Å². The second kappa shape index (κ2) is 5.61. The molecule has 0 bridgehead atoms. The summed E-state index contributed by atoms with van der Waals surface area (Å²) in [4.78, 5) is 4.33. The van der Waals surface area contributed by atoms with Crippen molar-refractivity contribution in [3.8, 4) is 0 Å². The van der Waals surface area contributed by atoms with Gasteiger partial charge in [0.2, 0.25) is 0 Å². The Morgan fingerprint density at radius 2 is 2.24 bits per heavy atom. The Hall–Kier alpha value is -0.930. The molecule has 1 atom stereocenters. The molecule has 1 N–H and O–H groups in total. The van der Waals surface area contributed by atoms with Crippen molar-refractivity contribution in [1.82, 2.24) is 4.98 Å². The summed E-state index contributed by atoms with van der Waals surface area (Å²) in [5.74, 6) is 1.07. The number of benzene rings is 1. The predicted molar refractivity (Wildman–Crippen MR) is 78.2 cm³/mol. The van der Waals surface area contributed by atoms with Gasteiger partial charge in [0, 0.05) is 34.1 Å². The number of pyridine rings is 1. The number of nitrogens with one attached hydrogen (secondary N) is 1. The number of halogens is 1. The standard InChI is InChI=1S/C13H15ClN2S/c1-9(8-17-2)16-13-5-6-15-12-4-3-10(14)7-11(12)13/h3-7,9H,8H2,1-2H3,(H,15,16). The van der Waals surface area contributed by atoms with Crippen molar-refractivity contribution < 1.29 is 0 Å². The van der Waals surface area contributed by atoms with E-state index in [0.29, 0.717) is 6.04 Å². The number of rotatable bonds is 4. The summed E-state index contributed by atoms with van der Waals surface area (Å²) in [7, 11) is 0. The van der Waals surface area contributed by atoms with Crippen LogP contribution < -0.4 is 5.32 Å². The number of anilines is 1. The van der Waals surface area contributed by atoms with E-state index in [1.54, 1.807) is 0 Å². The fourth-order valence-corrected chi connectivity index (χ4v) is 2.56. The zero-order valence-corrected chi connectivity index (χ0v) is 11.5. The predicted octanol–water partition coefficient (Wildman–Crippen LogP) is 4.05. The number of nitrogens with zero attached hydrogens (tertiary/aromatic N) is 1. The molecule has 1 aromatic carbocycles. The third-order valence-electron chi connectivity index (χ3n) is 2.52. The molecule has 0 saturated heterocycles. The molecule has 0 radical (unpaired) electrons. The minimum Gasteiger partial charge on any atom is -0.381 e. The van der Waals surface area contributed by atoms with Crippen LogP contribution in [0.15, 0.2) is 30.5 Å². The highest BCUT2D eigenvalue weighted by atomic mass is 35.5. The number of thioether (sulfide) groups is 1. The Balaban J connectivity index is 2.36. The van der Waals surface area contributed by atoms with E-state index in [1.807, 2.05) is 42.2 Å². The first-order valence-corrected chi connectivity index (χ1v) is 7.27. The average Bonchev–Trinajstić information content (AvgIpc) is 2.30. The lowest BCUT2D eigenvalue weighted by molar-refractivity contribution is 0.916. The largest absolute Gasteiger partial charge is 0.381 e. The van der Waals surface area contributed by atoms with Crippen LogP contribution in [-0.4, -0.2) is 23.0 Å². The van der Waals surface area contributed by atoms with Crippen LogP contribution in [0.3, 0.4) is 0 Å². The smallest absolute Gasteiger partial charge is 0.0723 e. The number of hydrogen-bond acceptors (Lipinski definition) is 3. The third kappa shape index (κ3) is 3.05. The van der Waals surface area contributed by atoms with Gasteiger partial charge >= 0.3 is 0 Å². The summed E-state index contributed by atoms with van der Waals surface area (Å²) >= 11 is 7.86. The summed E-state index contributed by atoms with van der Waals surface area (Å²) in [6, 6.07) is 8.19. The van der Waals surface area contributed by atoms with Crippen molar-refractivity contribution in [3.63, 3.8) is 0 Å². The molecule has 2 aromatic rings. The van der Waals surface area contributed by atoms with E-state index in [1.165, 1.54) is 0 Å². The molecule has 2 nitrogen and oxygen atoms in total. The summed E-state index contributed by atoms with van der Waals surface area (Å²) < 4.78 is 0. The Morgan fingerprint density at radius 1 is 1.41 bits per heavy atom. The van der Waals surface area contributed by atoms with Gasteiger partial charge in [0.1, 0.15) is 0 Å². The second-order valence-electron chi connectivity index (χ2n) is 4.02. The van der Waals surface area contributed by atoms with Crippen LogP contribution in [0.4, 0.5) is 5.69 Å². The van der Waals surface area contributed by atoms with Crippen LogP contribution in [-0.2, 0) is 0 Å². The van der Waals surface area contributed by atoms with Crippen molar-refractivity contribution in [3.05, 3.63) is 35.5 Å². The Labute approximate surface area is 111 Å². The molecule has 0 spiro atoms. The lowest BCUT2D eigenvalue weighted by Gasteiger charge is -2.15. The monoisotopic (exact) mass is 266 g/mol. The molecule has 1 heterocycles. The van der Waals surface area contributed by atoms with Crippen LogP contribution in [0.25, 0.3) is 10.9 Å². The van der Waals surface area contributed by atoms with Gasteiger partial charge in [0.05, 0.1) is 5.52 Å². The van der Waals surface area contributed by atoms with Gasteiger partial charge < -0.3 is 5.32 Å². The van der Waals surface area contributed by atoms with Crippen LogP contribution in [0.1, 0.15) is 6.92 Å². The van der Waals surface area contributed by atoms with E-state index < -0.39 is 0 Å². The maximum atomic E-state index is 6.03. The van der Waals surface area contributed by atoms with Crippen molar-refractivity contribution in [2.75, 3.05) is 17.3 Å². The molecule has 0 saturated carbocycles. The molecule has 0 aliphatic carbocycles. The molecule has 4 heteroatoms.